The minimum absolute atomic E-state index is 0.0320. The summed E-state index contributed by atoms with van der Waals surface area (Å²) in [5, 5.41) is 2.67. The van der Waals surface area contributed by atoms with Gasteiger partial charge in [0.15, 0.2) is 16.6 Å². The van der Waals surface area contributed by atoms with Gasteiger partial charge < -0.3 is 9.47 Å². The maximum Gasteiger partial charge on any atom is 0.270 e. The van der Waals surface area contributed by atoms with Crippen molar-refractivity contribution in [3.8, 4) is 11.5 Å². The van der Waals surface area contributed by atoms with Gasteiger partial charge in [0.25, 0.3) is 11.8 Å². The molecule has 0 unspecified atom stereocenters. The lowest BCUT2D eigenvalue weighted by Gasteiger charge is -2.29. The van der Waals surface area contributed by atoms with E-state index in [1.54, 1.807) is 25.3 Å². The van der Waals surface area contributed by atoms with E-state index in [9.17, 15) is 9.59 Å². The predicted octanol–water partition coefficient (Wildman–Crippen LogP) is 4.27. The van der Waals surface area contributed by atoms with E-state index in [1.165, 1.54) is 11.0 Å². The van der Waals surface area contributed by atoms with Crippen molar-refractivity contribution in [1.82, 2.24) is 5.32 Å². The summed E-state index contributed by atoms with van der Waals surface area (Å²) in [6, 6.07) is 12.9. The predicted molar refractivity (Wildman–Crippen MR) is 125 cm³/mol. The van der Waals surface area contributed by atoms with Crippen LogP contribution in [0.1, 0.15) is 38.3 Å². The third-order valence-corrected chi connectivity index (χ3v) is 5.41. The number of ether oxygens (including phenoxy) is 2. The highest BCUT2D eigenvalue weighted by atomic mass is 32.1. The van der Waals surface area contributed by atoms with Crippen LogP contribution in [0.25, 0.3) is 6.08 Å². The highest BCUT2D eigenvalue weighted by Crippen LogP contribution is 2.34. The van der Waals surface area contributed by atoms with E-state index in [0.29, 0.717) is 22.7 Å². The summed E-state index contributed by atoms with van der Waals surface area (Å²) in [6.45, 7) is 6.01. The van der Waals surface area contributed by atoms with Gasteiger partial charge in [0, 0.05) is 5.56 Å². The Labute approximate surface area is 187 Å². The highest BCUT2D eigenvalue weighted by molar-refractivity contribution is 7.80. The fourth-order valence-corrected chi connectivity index (χ4v) is 3.43. The average molecular weight is 439 g/mol. The number of carbonyl (C=O) groups excluding carboxylic acids is 2. The second-order valence-electron chi connectivity index (χ2n) is 7.19. The van der Waals surface area contributed by atoms with E-state index in [4.69, 9.17) is 21.7 Å². The first kappa shape index (κ1) is 22.5. The van der Waals surface area contributed by atoms with Gasteiger partial charge in [0.05, 0.1) is 18.9 Å². The lowest BCUT2D eigenvalue weighted by Crippen LogP contribution is -2.54. The molecule has 0 aromatic heterocycles. The zero-order chi connectivity index (χ0) is 22.5. The molecular weight excluding hydrogens is 412 g/mol. The van der Waals surface area contributed by atoms with E-state index in [0.717, 1.165) is 18.4 Å². The summed E-state index contributed by atoms with van der Waals surface area (Å²) >= 11 is 5.28. The van der Waals surface area contributed by atoms with Crippen molar-refractivity contribution in [3.05, 3.63) is 59.2 Å². The van der Waals surface area contributed by atoms with Crippen molar-refractivity contribution >= 4 is 40.9 Å². The molecule has 1 fully saturated rings. The third-order valence-electron chi connectivity index (χ3n) is 5.13. The molecule has 0 aliphatic carbocycles. The van der Waals surface area contributed by atoms with Crippen LogP contribution >= 0.6 is 12.2 Å². The van der Waals surface area contributed by atoms with Crippen LogP contribution in [0.4, 0.5) is 5.69 Å². The Kier molecular flexibility index (Phi) is 7.07. The number of hydrogen-bond donors (Lipinski definition) is 1. The number of rotatable bonds is 7. The van der Waals surface area contributed by atoms with Crippen molar-refractivity contribution in [1.29, 1.82) is 0 Å². The summed E-state index contributed by atoms with van der Waals surface area (Å²) in [4.78, 5) is 27.3. The Balaban J connectivity index is 2.04. The van der Waals surface area contributed by atoms with Crippen molar-refractivity contribution in [2.75, 3.05) is 12.0 Å². The number of thiocarbonyl (C=S) groups is 1. The zero-order valence-electron chi connectivity index (χ0n) is 18.1. The second-order valence-corrected chi connectivity index (χ2v) is 7.58. The number of hydrogen-bond acceptors (Lipinski definition) is 5. The Morgan fingerprint density at radius 3 is 2.45 bits per heavy atom. The summed E-state index contributed by atoms with van der Waals surface area (Å²) in [7, 11) is 1.55. The molecule has 0 spiro atoms. The molecule has 0 bridgehead atoms. The molecule has 1 heterocycles. The maximum absolute atomic E-state index is 13.3. The highest BCUT2D eigenvalue weighted by Gasteiger charge is 2.34. The van der Waals surface area contributed by atoms with Crippen LogP contribution in [-0.4, -0.2) is 30.1 Å². The van der Waals surface area contributed by atoms with Gasteiger partial charge in [-0.2, -0.15) is 0 Å². The summed E-state index contributed by atoms with van der Waals surface area (Å²) in [5.74, 6) is -0.0238. The number of benzene rings is 2. The van der Waals surface area contributed by atoms with E-state index in [2.05, 4.69) is 12.2 Å². The summed E-state index contributed by atoms with van der Waals surface area (Å²) in [5.41, 5.74) is 2.28. The molecule has 0 radical (unpaired) electrons. The number of nitrogens with zero attached hydrogens (tertiary/aromatic N) is 1. The van der Waals surface area contributed by atoms with E-state index >= 15 is 0 Å². The van der Waals surface area contributed by atoms with Gasteiger partial charge in [-0.3, -0.25) is 19.8 Å². The van der Waals surface area contributed by atoms with Crippen molar-refractivity contribution in [2.45, 2.75) is 39.7 Å². The molecule has 2 aromatic rings. The van der Waals surface area contributed by atoms with Gasteiger partial charge >= 0.3 is 0 Å². The minimum Gasteiger partial charge on any atom is -0.493 e. The number of carbonyl (C=O) groups is 2. The normalized spacial score (nSPS) is 16.3. The van der Waals surface area contributed by atoms with Crippen LogP contribution in [-0.2, 0) is 16.0 Å². The first-order valence-corrected chi connectivity index (χ1v) is 10.6. The maximum atomic E-state index is 13.3. The molecule has 2 amide bonds. The van der Waals surface area contributed by atoms with Crippen LogP contribution in [0.15, 0.2) is 48.0 Å². The average Bonchev–Trinajstić information content (AvgIpc) is 2.77. The SMILES string of the molecule is CCc1ccc(N2C(=O)/C(=C/c3cccc(OC)c3O[C@@H](C)CC)C(=O)NC2=S)cc1. The Morgan fingerprint density at radius 1 is 1.13 bits per heavy atom. The van der Waals surface area contributed by atoms with Gasteiger partial charge in [0.2, 0.25) is 0 Å². The molecule has 162 valence electrons. The fourth-order valence-electron chi connectivity index (χ4n) is 3.15. The van der Waals surface area contributed by atoms with Gasteiger partial charge in [-0.25, -0.2) is 0 Å². The van der Waals surface area contributed by atoms with Crippen molar-refractivity contribution in [3.63, 3.8) is 0 Å². The monoisotopic (exact) mass is 438 g/mol. The number of para-hydroxylation sites is 1. The van der Waals surface area contributed by atoms with Gasteiger partial charge in [0.1, 0.15) is 5.57 Å². The number of methoxy groups -OCH3 is 1. The number of nitrogens with one attached hydrogen (secondary N) is 1. The van der Waals surface area contributed by atoms with Gasteiger partial charge in [-0.15, -0.1) is 0 Å². The topological polar surface area (TPSA) is 67.9 Å². The quantitative estimate of drug-likeness (QED) is 0.397. The zero-order valence-corrected chi connectivity index (χ0v) is 18.9. The lowest BCUT2D eigenvalue weighted by atomic mass is 10.0. The molecule has 1 atom stereocenters. The van der Waals surface area contributed by atoms with Crippen molar-refractivity contribution < 1.29 is 19.1 Å². The molecule has 0 saturated carbocycles. The standard InChI is InChI=1S/C24H26N2O4S/c1-5-15(3)30-21-17(8-7-9-20(21)29-4)14-19-22(27)25-24(31)26(23(19)28)18-12-10-16(6-2)11-13-18/h7-15H,5-6H2,1-4H3,(H,25,27,31)/b19-14+/t15-/m0/s1. The molecular formula is C24H26N2O4S. The molecule has 1 N–H and O–H groups in total. The number of aryl methyl sites for hydroxylation is 1. The summed E-state index contributed by atoms with van der Waals surface area (Å²) in [6.07, 6.45) is 3.14. The minimum atomic E-state index is -0.547. The molecule has 1 saturated heterocycles. The Morgan fingerprint density at radius 2 is 1.84 bits per heavy atom. The van der Waals surface area contributed by atoms with Crippen LogP contribution < -0.4 is 19.7 Å². The number of amides is 2. The van der Waals surface area contributed by atoms with Crippen LogP contribution in [0.5, 0.6) is 11.5 Å². The van der Waals surface area contributed by atoms with Crippen molar-refractivity contribution in [2.24, 2.45) is 0 Å². The van der Waals surface area contributed by atoms with E-state index in [-0.39, 0.29) is 16.8 Å². The van der Waals surface area contributed by atoms with Gasteiger partial charge in [-0.05, 0) is 61.8 Å². The second kappa shape index (κ2) is 9.75. The molecule has 7 heteroatoms. The molecule has 3 rings (SSSR count). The van der Waals surface area contributed by atoms with Crippen LogP contribution in [0.3, 0.4) is 0 Å². The smallest absolute Gasteiger partial charge is 0.270 e. The Bertz CT molecular complexity index is 1030. The summed E-state index contributed by atoms with van der Waals surface area (Å²) < 4.78 is 11.5. The lowest BCUT2D eigenvalue weighted by molar-refractivity contribution is -0.122. The van der Waals surface area contributed by atoms with Crippen LogP contribution in [0, 0.1) is 0 Å². The first-order valence-electron chi connectivity index (χ1n) is 10.2. The fraction of sp³-hybridized carbons (Fsp3) is 0.292. The Hall–Kier alpha value is -3.19. The van der Waals surface area contributed by atoms with E-state index in [1.807, 2.05) is 38.1 Å². The largest absolute Gasteiger partial charge is 0.493 e. The van der Waals surface area contributed by atoms with Gasteiger partial charge in [-0.1, -0.05) is 38.1 Å². The number of anilines is 1. The molecule has 1 aliphatic heterocycles. The van der Waals surface area contributed by atoms with Crippen LogP contribution in [0.2, 0.25) is 0 Å². The molecule has 1 aliphatic rings. The third kappa shape index (κ3) is 4.77. The first-order chi connectivity index (χ1) is 14.9. The van der Waals surface area contributed by atoms with E-state index < -0.39 is 11.8 Å². The molecule has 2 aromatic carbocycles. The molecule has 31 heavy (non-hydrogen) atoms. The molecule has 6 nitrogen and oxygen atoms in total.